The summed E-state index contributed by atoms with van der Waals surface area (Å²) in [5.41, 5.74) is 0. The Kier molecular flexibility index (Phi) is 18.5. The normalized spacial score (nSPS) is 13.1. The summed E-state index contributed by atoms with van der Waals surface area (Å²) in [6.07, 6.45) is 14.9. The lowest BCUT2D eigenvalue weighted by Crippen LogP contribution is -2.28. The van der Waals surface area contributed by atoms with E-state index in [0.29, 0.717) is 13.2 Å². The molecule has 4 heteroatoms. The van der Waals surface area contributed by atoms with E-state index >= 15 is 0 Å². The van der Waals surface area contributed by atoms with Crippen LogP contribution in [0, 0.1) is 11.8 Å². The predicted molar refractivity (Wildman–Crippen MR) is 116 cm³/mol. The van der Waals surface area contributed by atoms with Crippen molar-refractivity contribution in [2.45, 2.75) is 118 Å². The molecule has 0 aliphatic carbocycles. The highest BCUT2D eigenvalue weighted by Gasteiger charge is 2.28. The van der Waals surface area contributed by atoms with Gasteiger partial charge in [0.2, 0.25) is 0 Å². The van der Waals surface area contributed by atoms with E-state index in [1.165, 1.54) is 51.4 Å². The molecular weight excluding hydrogens is 352 g/mol. The molecule has 0 rings (SSSR count). The average Bonchev–Trinajstić information content (AvgIpc) is 2.69. The fraction of sp³-hybridized carbons (Fsp3) is 0.917. The number of hydrogen-bond acceptors (Lipinski definition) is 4. The zero-order chi connectivity index (χ0) is 21.0. The fourth-order valence-electron chi connectivity index (χ4n) is 3.27. The van der Waals surface area contributed by atoms with E-state index in [-0.39, 0.29) is 30.2 Å². The monoisotopic (exact) mass is 398 g/mol. The van der Waals surface area contributed by atoms with Crippen molar-refractivity contribution in [3.05, 3.63) is 0 Å². The lowest BCUT2D eigenvalue weighted by Gasteiger charge is -2.20. The van der Waals surface area contributed by atoms with Gasteiger partial charge in [-0.1, -0.05) is 98.3 Å². The second-order valence-electron chi connectivity index (χ2n) is 8.12. The topological polar surface area (TPSA) is 52.6 Å². The van der Waals surface area contributed by atoms with Crippen LogP contribution in [0.2, 0.25) is 0 Å². The van der Waals surface area contributed by atoms with Crippen LogP contribution < -0.4 is 0 Å². The number of carbonyl (C=O) groups excluding carboxylic acids is 2. The van der Waals surface area contributed by atoms with Crippen LogP contribution in [0.3, 0.4) is 0 Å². The van der Waals surface area contributed by atoms with Crippen molar-refractivity contribution in [3.63, 3.8) is 0 Å². The smallest absolute Gasteiger partial charge is 0.309 e. The molecule has 0 aromatic heterocycles. The largest absolute Gasteiger partial charge is 0.466 e. The van der Waals surface area contributed by atoms with Crippen LogP contribution in [0.5, 0.6) is 0 Å². The highest BCUT2D eigenvalue weighted by atomic mass is 16.5. The summed E-state index contributed by atoms with van der Waals surface area (Å²) >= 11 is 0. The van der Waals surface area contributed by atoms with Crippen molar-refractivity contribution in [1.29, 1.82) is 0 Å². The molecule has 0 saturated carbocycles. The first kappa shape index (κ1) is 26.9. The molecule has 0 fully saturated rings. The Morgan fingerprint density at radius 1 is 0.679 bits per heavy atom. The maximum atomic E-state index is 12.5. The van der Waals surface area contributed by atoms with Gasteiger partial charge in [-0.15, -0.1) is 0 Å². The third-order valence-electron chi connectivity index (χ3n) is 5.52. The third kappa shape index (κ3) is 14.9. The minimum Gasteiger partial charge on any atom is -0.466 e. The first-order valence-corrected chi connectivity index (χ1v) is 11.9. The molecule has 28 heavy (non-hydrogen) atoms. The van der Waals surface area contributed by atoms with E-state index in [1.807, 2.05) is 13.8 Å². The molecule has 0 aliphatic rings. The highest BCUT2D eigenvalue weighted by Crippen LogP contribution is 2.22. The molecule has 0 saturated heterocycles. The van der Waals surface area contributed by atoms with Crippen LogP contribution >= 0.6 is 0 Å². The molecule has 0 bridgehead atoms. The van der Waals surface area contributed by atoms with Gasteiger partial charge in [-0.25, -0.2) is 0 Å². The minimum absolute atomic E-state index is 0.124. The molecular formula is C24H46O4. The Morgan fingerprint density at radius 2 is 1.14 bits per heavy atom. The number of ether oxygens (including phenoxy) is 2. The first-order valence-electron chi connectivity index (χ1n) is 11.9. The molecule has 2 unspecified atom stereocenters. The number of unbranched alkanes of at least 4 members (excludes halogenated alkanes) is 10. The summed E-state index contributed by atoms with van der Waals surface area (Å²) in [6.45, 7) is 9.39. The Hall–Kier alpha value is -1.06. The Balaban J connectivity index is 4.07. The number of esters is 2. The minimum atomic E-state index is -0.387. The van der Waals surface area contributed by atoms with Gasteiger partial charge in [0.1, 0.15) is 0 Å². The molecule has 0 aromatic carbocycles. The van der Waals surface area contributed by atoms with Crippen LogP contribution in [0.15, 0.2) is 0 Å². The fourth-order valence-corrected chi connectivity index (χ4v) is 3.27. The summed E-state index contributed by atoms with van der Waals surface area (Å²) in [6, 6.07) is 0. The quantitative estimate of drug-likeness (QED) is 0.176. The zero-order valence-electron chi connectivity index (χ0n) is 19.1. The van der Waals surface area contributed by atoms with E-state index in [4.69, 9.17) is 9.47 Å². The summed E-state index contributed by atoms with van der Waals surface area (Å²) in [4.78, 5) is 24.6. The summed E-state index contributed by atoms with van der Waals surface area (Å²) < 4.78 is 10.8. The number of carbonyl (C=O) groups is 2. The second kappa shape index (κ2) is 19.3. The van der Waals surface area contributed by atoms with Gasteiger partial charge in [0.05, 0.1) is 25.6 Å². The number of rotatable bonds is 19. The molecule has 0 aromatic rings. The summed E-state index contributed by atoms with van der Waals surface area (Å²) in [5.74, 6) is -0.768. The molecule has 0 amide bonds. The number of hydrogen-bond donors (Lipinski definition) is 0. The summed E-state index contributed by atoms with van der Waals surface area (Å²) in [5, 5.41) is 0. The lowest BCUT2D eigenvalue weighted by atomic mass is 9.89. The molecule has 0 radical (unpaired) electrons. The Labute approximate surface area is 174 Å². The van der Waals surface area contributed by atoms with E-state index < -0.39 is 0 Å². The second-order valence-corrected chi connectivity index (χ2v) is 8.12. The van der Waals surface area contributed by atoms with Crippen molar-refractivity contribution in [1.82, 2.24) is 0 Å². The van der Waals surface area contributed by atoms with Crippen LogP contribution in [0.1, 0.15) is 118 Å². The van der Waals surface area contributed by atoms with Gasteiger partial charge >= 0.3 is 11.9 Å². The van der Waals surface area contributed by atoms with Gasteiger partial charge in [0, 0.05) is 0 Å². The highest BCUT2D eigenvalue weighted by molar-refractivity contribution is 5.80. The first-order chi connectivity index (χ1) is 13.6. The Morgan fingerprint density at radius 3 is 1.64 bits per heavy atom. The van der Waals surface area contributed by atoms with Crippen LogP contribution in [0.25, 0.3) is 0 Å². The Bertz CT molecular complexity index is 381. The van der Waals surface area contributed by atoms with Crippen molar-refractivity contribution >= 4 is 11.9 Å². The predicted octanol–water partition coefficient (Wildman–Crippen LogP) is 6.85. The molecule has 4 nitrogen and oxygen atoms in total. The van der Waals surface area contributed by atoms with E-state index in [1.54, 1.807) is 0 Å². The lowest BCUT2D eigenvalue weighted by molar-refractivity contribution is -0.157. The maximum absolute atomic E-state index is 12.5. The van der Waals surface area contributed by atoms with E-state index in [0.717, 1.165) is 32.1 Å². The van der Waals surface area contributed by atoms with Gasteiger partial charge in [0.15, 0.2) is 0 Å². The molecule has 0 heterocycles. The van der Waals surface area contributed by atoms with Crippen molar-refractivity contribution < 1.29 is 19.1 Å². The van der Waals surface area contributed by atoms with Crippen molar-refractivity contribution in [2.75, 3.05) is 13.2 Å². The molecule has 166 valence electrons. The maximum Gasteiger partial charge on any atom is 0.309 e. The van der Waals surface area contributed by atoms with Gasteiger partial charge in [-0.05, 0) is 18.8 Å². The molecule has 0 N–H and O–H groups in total. The standard InChI is InChI=1S/C24H46O4/c1-5-8-10-12-14-16-18-27-23(25)20-22(21(4)7-3)24(26)28-19-17-15-13-11-9-6-2/h21-22H,5-20H2,1-4H3. The van der Waals surface area contributed by atoms with Crippen molar-refractivity contribution in [2.24, 2.45) is 11.8 Å². The van der Waals surface area contributed by atoms with Crippen molar-refractivity contribution in [3.8, 4) is 0 Å². The SMILES string of the molecule is CCCCCCCCOC(=O)CC(C(=O)OCCCCCCCC)C(C)CC. The third-order valence-corrected chi connectivity index (χ3v) is 5.52. The van der Waals surface area contributed by atoms with Crippen LogP contribution in [-0.2, 0) is 19.1 Å². The molecule has 0 aliphatic heterocycles. The molecule has 0 spiro atoms. The average molecular weight is 399 g/mol. The van der Waals surface area contributed by atoms with Gasteiger partial charge in [0.25, 0.3) is 0 Å². The summed E-state index contributed by atoms with van der Waals surface area (Å²) in [7, 11) is 0. The van der Waals surface area contributed by atoms with Crippen LogP contribution in [-0.4, -0.2) is 25.2 Å². The van der Waals surface area contributed by atoms with E-state index in [9.17, 15) is 9.59 Å². The molecule has 2 atom stereocenters. The van der Waals surface area contributed by atoms with E-state index in [2.05, 4.69) is 13.8 Å². The van der Waals surface area contributed by atoms with Gasteiger partial charge < -0.3 is 9.47 Å². The van der Waals surface area contributed by atoms with Crippen LogP contribution in [0.4, 0.5) is 0 Å². The van der Waals surface area contributed by atoms with Gasteiger partial charge in [-0.3, -0.25) is 9.59 Å². The van der Waals surface area contributed by atoms with Gasteiger partial charge in [-0.2, -0.15) is 0 Å². The zero-order valence-corrected chi connectivity index (χ0v) is 19.1.